The molecule has 1 aromatic heterocycles. The highest BCUT2D eigenvalue weighted by atomic mass is 16.4. The van der Waals surface area contributed by atoms with Crippen LogP contribution in [0.3, 0.4) is 0 Å². The van der Waals surface area contributed by atoms with Crippen molar-refractivity contribution in [1.82, 2.24) is 9.88 Å². The number of hydrogen-bond acceptors (Lipinski definition) is 4. The van der Waals surface area contributed by atoms with Gasteiger partial charge in [0, 0.05) is 12.2 Å². The first-order valence-corrected chi connectivity index (χ1v) is 6.15. The van der Waals surface area contributed by atoms with Crippen LogP contribution in [0.5, 0.6) is 0 Å². The number of carbonyl (C=O) groups excluding carboxylic acids is 2. The fourth-order valence-electron chi connectivity index (χ4n) is 1.61. The van der Waals surface area contributed by atoms with Crippen molar-refractivity contribution in [2.75, 3.05) is 6.54 Å². The van der Waals surface area contributed by atoms with Gasteiger partial charge >= 0.3 is 5.97 Å². The van der Waals surface area contributed by atoms with Gasteiger partial charge in [0.25, 0.3) is 5.91 Å². The number of carboxylic acids is 1. The van der Waals surface area contributed by atoms with Gasteiger partial charge in [-0.25, -0.2) is 0 Å². The molecule has 3 N–H and O–H groups in total. The van der Waals surface area contributed by atoms with Crippen LogP contribution >= 0.6 is 0 Å². The van der Waals surface area contributed by atoms with E-state index in [1.807, 2.05) is 6.92 Å². The minimum atomic E-state index is -1.09. The second-order valence-electron chi connectivity index (χ2n) is 4.38. The lowest BCUT2D eigenvalue weighted by atomic mass is 10.2. The number of amides is 2. The lowest BCUT2D eigenvalue weighted by Gasteiger charge is -2.26. The van der Waals surface area contributed by atoms with Gasteiger partial charge < -0.3 is 15.7 Å². The monoisotopic (exact) mass is 279 g/mol. The van der Waals surface area contributed by atoms with Crippen LogP contribution in [0.2, 0.25) is 0 Å². The quantitative estimate of drug-likeness (QED) is 0.787. The number of carboxylic acid groups (broad SMARTS) is 1. The van der Waals surface area contributed by atoms with E-state index in [2.05, 4.69) is 4.98 Å². The van der Waals surface area contributed by atoms with Crippen molar-refractivity contribution >= 4 is 17.8 Å². The molecule has 0 aliphatic heterocycles. The number of aromatic nitrogens is 1. The predicted octanol–water partition coefficient (Wildman–Crippen LogP) is 0.506. The molecule has 1 heterocycles. The van der Waals surface area contributed by atoms with Crippen LogP contribution in [0.1, 0.15) is 41.1 Å². The smallest absolute Gasteiger partial charge is 0.323 e. The molecule has 1 aromatic rings. The van der Waals surface area contributed by atoms with Crippen molar-refractivity contribution < 1.29 is 19.5 Å². The summed E-state index contributed by atoms with van der Waals surface area (Å²) < 4.78 is 0. The highest BCUT2D eigenvalue weighted by Gasteiger charge is 2.23. The minimum absolute atomic E-state index is 0.0801. The van der Waals surface area contributed by atoms with E-state index in [-0.39, 0.29) is 17.3 Å². The second kappa shape index (κ2) is 6.65. The molecule has 0 saturated carbocycles. The van der Waals surface area contributed by atoms with Gasteiger partial charge in [-0.15, -0.1) is 0 Å². The third-order valence-electron chi connectivity index (χ3n) is 2.96. The van der Waals surface area contributed by atoms with Crippen molar-refractivity contribution in [2.24, 2.45) is 5.73 Å². The average Bonchev–Trinajstić information content (AvgIpc) is 2.43. The van der Waals surface area contributed by atoms with Gasteiger partial charge in [0.05, 0.1) is 5.56 Å². The maximum Gasteiger partial charge on any atom is 0.323 e. The lowest BCUT2D eigenvalue weighted by Crippen LogP contribution is -2.42. The summed E-state index contributed by atoms with van der Waals surface area (Å²) in [6, 6.07) is 2.52. The molecule has 2 amide bonds. The van der Waals surface area contributed by atoms with E-state index in [1.165, 1.54) is 23.2 Å². The molecule has 0 aliphatic rings. The predicted molar refractivity (Wildman–Crippen MR) is 71.2 cm³/mol. The fourth-order valence-corrected chi connectivity index (χ4v) is 1.61. The molecule has 0 spiro atoms. The van der Waals surface area contributed by atoms with E-state index in [0.717, 1.165) is 0 Å². The molecule has 1 atom stereocenters. The Kier molecular flexibility index (Phi) is 5.19. The van der Waals surface area contributed by atoms with Crippen LogP contribution in [0.4, 0.5) is 0 Å². The number of pyridine rings is 1. The molecule has 1 unspecified atom stereocenters. The van der Waals surface area contributed by atoms with Crippen LogP contribution in [0.25, 0.3) is 0 Å². The van der Waals surface area contributed by atoms with E-state index >= 15 is 0 Å². The van der Waals surface area contributed by atoms with E-state index in [0.29, 0.717) is 6.42 Å². The first kappa shape index (κ1) is 15.6. The van der Waals surface area contributed by atoms with E-state index in [1.54, 1.807) is 6.92 Å². The molecule has 0 saturated heterocycles. The maximum absolute atomic E-state index is 12.2. The molecule has 7 heteroatoms. The molecule has 0 bridgehead atoms. The molecule has 0 radical (unpaired) electrons. The van der Waals surface area contributed by atoms with E-state index in [9.17, 15) is 14.4 Å². The van der Waals surface area contributed by atoms with Crippen LogP contribution < -0.4 is 5.73 Å². The van der Waals surface area contributed by atoms with Crippen LogP contribution in [0.15, 0.2) is 18.3 Å². The Hall–Kier alpha value is -2.44. The molecule has 0 aliphatic carbocycles. The highest BCUT2D eigenvalue weighted by Crippen LogP contribution is 2.10. The van der Waals surface area contributed by atoms with E-state index < -0.39 is 24.3 Å². The van der Waals surface area contributed by atoms with Crippen LogP contribution in [0, 0.1) is 0 Å². The zero-order valence-corrected chi connectivity index (χ0v) is 11.4. The second-order valence-corrected chi connectivity index (χ2v) is 4.38. The van der Waals surface area contributed by atoms with Gasteiger partial charge in [0.15, 0.2) is 0 Å². The summed E-state index contributed by atoms with van der Waals surface area (Å²) in [5, 5.41) is 8.87. The molecule has 0 fully saturated rings. The number of aliphatic carboxylic acids is 1. The Morgan fingerprint density at radius 1 is 1.40 bits per heavy atom. The molecule has 1 rings (SSSR count). The van der Waals surface area contributed by atoms with Gasteiger partial charge in [-0.05, 0) is 25.5 Å². The van der Waals surface area contributed by atoms with Crippen molar-refractivity contribution in [2.45, 2.75) is 26.3 Å². The van der Waals surface area contributed by atoms with Crippen LogP contribution in [-0.2, 0) is 4.79 Å². The number of rotatable bonds is 6. The zero-order chi connectivity index (χ0) is 15.3. The molecular weight excluding hydrogens is 262 g/mol. The largest absolute Gasteiger partial charge is 0.480 e. The average molecular weight is 279 g/mol. The van der Waals surface area contributed by atoms with Gasteiger partial charge in [-0.3, -0.25) is 19.4 Å². The molecular formula is C13H17N3O4. The molecule has 0 aromatic carbocycles. The fraction of sp³-hybridized carbons (Fsp3) is 0.385. The van der Waals surface area contributed by atoms with E-state index in [4.69, 9.17) is 10.8 Å². The third-order valence-corrected chi connectivity index (χ3v) is 2.96. The SMILES string of the molecule is CCC(C)N(CC(=O)O)C(=O)c1ccc(C(N)=O)cn1. The summed E-state index contributed by atoms with van der Waals surface area (Å²) in [5.41, 5.74) is 5.35. The van der Waals surface area contributed by atoms with Crippen molar-refractivity contribution in [3.63, 3.8) is 0 Å². The number of nitrogens with zero attached hydrogens (tertiary/aromatic N) is 2. The minimum Gasteiger partial charge on any atom is -0.480 e. The number of primary amides is 1. The molecule has 20 heavy (non-hydrogen) atoms. The highest BCUT2D eigenvalue weighted by molar-refractivity contribution is 5.96. The van der Waals surface area contributed by atoms with Gasteiger partial charge in [0.1, 0.15) is 12.2 Å². The Labute approximate surface area is 116 Å². The third kappa shape index (κ3) is 3.78. The zero-order valence-electron chi connectivity index (χ0n) is 11.4. The standard InChI is InChI=1S/C13H17N3O4/c1-3-8(2)16(7-11(17)18)13(20)10-5-4-9(6-15-10)12(14)19/h4-6,8H,3,7H2,1-2H3,(H2,14,19)(H,17,18). The summed E-state index contributed by atoms with van der Waals surface area (Å²) in [7, 11) is 0. The Morgan fingerprint density at radius 2 is 2.05 bits per heavy atom. The maximum atomic E-state index is 12.2. The van der Waals surface area contributed by atoms with Gasteiger partial charge in [0.2, 0.25) is 5.91 Å². The summed E-state index contributed by atoms with van der Waals surface area (Å²) in [4.78, 5) is 39.1. The number of nitrogens with two attached hydrogens (primary N) is 1. The summed E-state index contributed by atoms with van der Waals surface area (Å²) in [6.07, 6.45) is 1.82. The Bertz CT molecular complexity index is 513. The lowest BCUT2D eigenvalue weighted by molar-refractivity contribution is -0.138. The van der Waals surface area contributed by atoms with Crippen molar-refractivity contribution in [3.05, 3.63) is 29.6 Å². The number of carbonyl (C=O) groups is 3. The van der Waals surface area contributed by atoms with Gasteiger partial charge in [-0.2, -0.15) is 0 Å². The molecule has 7 nitrogen and oxygen atoms in total. The van der Waals surface area contributed by atoms with Crippen LogP contribution in [-0.4, -0.2) is 45.4 Å². The normalized spacial score (nSPS) is 11.7. The van der Waals surface area contributed by atoms with Gasteiger partial charge in [-0.1, -0.05) is 6.92 Å². The molecule has 108 valence electrons. The van der Waals surface area contributed by atoms with Crippen molar-refractivity contribution in [1.29, 1.82) is 0 Å². The number of hydrogen-bond donors (Lipinski definition) is 2. The summed E-state index contributed by atoms with van der Waals surface area (Å²) >= 11 is 0. The van der Waals surface area contributed by atoms with Crippen molar-refractivity contribution in [3.8, 4) is 0 Å². The first-order chi connectivity index (χ1) is 9.36. The first-order valence-electron chi connectivity index (χ1n) is 6.15. The Balaban J connectivity index is 2.99. The Morgan fingerprint density at radius 3 is 2.45 bits per heavy atom. The summed E-state index contributed by atoms with van der Waals surface area (Å²) in [6.45, 7) is 3.22. The summed E-state index contributed by atoms with van der Waals surface area (Å²) in [5.74, 6) is -2.22. The topological polar surface area (TPSA) is 114 Å².